The summed E-state index contributed by atoms with van der Waals surface area (Å²) in [7, 11) is -0.491. The van der Waals surface area contributed by atoms with Gasteiger partial charge in [-0.3, -0.25) is 4.79 Å². The van der Waals surface area contributed by atoms with E-state index >= 15 is 0 Å². The first-order chi connectivity index (χ1) is 11.8. The number of carbonyl (C=O) groups excluding carboxylic acids is 1. The van der Waals surface area contributed by atoms with Gasteiger partial charge in [0.25, 0.3) is 5.91 Å². The second-order valence-corrected chi connectivity index (χ2v) is 8.95. The van der Waals surface area contributed by atoms with Crippen LogP contribution in [0.3, 0.4) is 0 Å². The van der Waals surface area contributed by atoms with E-state index in [0.29, 0.717) is 18.2 Å². The van der Waals surface area contributed by atoms with E-state index in [0.717, 1.165) is 23.8 Å². The van der Waals surface area contributed by atoms with E-state index in [1.807, 2.05) is 0 Å². The van der Waals surface area contributed by atoms with Crippen LogP contribution in [-0.4, -0.2) is 63.3 Å². The van der Waals surface area contributed by atoms with Gasteiger partial charge in [0.1, 0.15) is 0 Å². The van der Waals surface area contributed by atoms with E-state index in [2.05, 4.69) is 17.1 Å². The molecule has 0 bridgehead atoms. The Bertz CT molecular complexity index is 671. The quantitative estimate of drug-likeness (QED) is 0.748. The average molecular weight is 368 g/mol. The lowest BCUT2D eigenvalue weighted by Gasteiger charge is -2.33. The van der Waals surface area contributed by atoms with Crippen LogP contribution in [0, 0.1) is 0 Å². The first kappa shape index (κ1) is 19.9. The molecule has 1 saturated heterocycles. The molecule has 1 aliphatic heterocycles. The maximum Gasteiger partial charge on any atom is 0.251 e. The zero-order valence-corrected chi connectivity index (χ0v) is 16.2. The summed E-state index contributed by atoms with van der Waals surface area (Å²) in [4.78, 5) is 14.8. The molecule has 1 aromatic rings. The van der Waals surface area contributed by atoms with Crippen molar-refractivity contribution in [3.05, 3.63) is 29.8 Å². The fraction of sp³-hybridized carbons (Fsp3) is 0.611. The predicted octanol–water partition coefficient (Wildman–Crippen LogP) is 1.93. The molecule has 1 fully saturated rings. The van der Waals surface area contributed by atoms with E-state index in [1.165, 1.54) is 45.5 Å². The number of likely N-dealkylation sites (tertiary alicyclic amines) is 1. The van der Waals surface area contributed by atoms with Gasteiger partial charge in [-0.1, -0.05) is 6.42 Å². The first-order valence-electron chi connectivity index (χ1n) is 8.87. The molecule has 1 aliphatic rings. The van der Waals surface area contributed by atoms with Gasteiger partial charge >= 0.3 is 0 Å². The van der Waals surface area contributed by atoms with Gasteiger partial charge in [0.15, 0.2) is 0 Å². The highest BCUT2D eigenvalue weighted by atomic mass is 32.2. The number of amides is 1. The van der Waals surface area contributed by atoms with Crippen LogP contribution in [-0.2, 0) is 10.0 Å². The van der Waals surface area contributed by atoms with E-state index in [1.54, 1.807) is 12.1 Å². The summed E-state index contributed by atoms with van der Waals surface area (Å²) in [5.74, 6) is -0.166. The number of piperidine rings is 1. The standard InChI is InChI=1S/C18H29N3O3S/c1-15-7-4-5-13-21(15)14-6-12-19-18(22)16-8-10-17(11-9-16)25(23,24)20(2)3/h8-11,15H,4-7,12-14H2,1-3H3,(H,19,22). The lowest BCUT2D eigenvalue weighted by atomic mass is 10.0. The number of nitrogens with zero attached hydrogens (tertiary/aromatic N) is 2. The van der Waals surface area contributed by atoms with Crippen molar-refractivity contribution in [2.24, 2.45) is 0 Å². The second-order valence-electron chi connectivity index (χ2n) is 6.80. The molecule has 1 atom stereocenters. The fourth-order valence-electron chi connectivity index (χ4n) is 3.07. The van der Waals surface area contributed by atoms with Crippen molar-refractivity contribution in [3.8, 4) is 0 Å². The third-order valence-electron chi connectivity index (χ3n) is 4.74. The molecule has 0 spiro atoms. The SMILES string of the molecule is CC1CCCCN1CCCNC(=O)c1ccc(S(=O)(=O)N(C)C)cc1. The number of nitrogens with one attached hydrogen (secondary N) is 1. The smallest absolute Gasteiger partial charge is 0.251 e. The second kappa shape index (κ2) is 8.78. The van der Waals surface area contributed by atoms with Crippen LogP contribution in [0.4, 0.5) is 0 Å². The highest BCUT2D eigenvalue weighted by Gasteiger charge is 2.18. The van der Waals surface area contributed by atoms with Crippen molar-refractivity contribution in [1.29, 1.82) is 0 Å². The van der Waals surface area contributed by atoms with E-state index < -0.39 is 10.0 Å². The van der Waals surface area contributed by atoms with Gasteiger partial charge in [0.05, 0.1) is 4.90 Å². The molecule has 1 heterocycles. The van der Waals surface area contributed by atoms with Crippen molar-refractivity contribution in [2.45, 2.75) is 43.5 Å². The summed E-state index contributed by atoms with van der Waals surface area (Å²) in [6.07, 6.45) is 4.75. The van der Waals surface area contributed by atoms with Crippen molar-refractivity contribution < 1.29 is 13.2 Å². The van der Waals surface area contributed by atoms with Crippen molar-refractivity contribution in [2.75, 3.05) is 33.7 Å². The van der Waals surface area contributed by atoms with Gasteiger partial charge in [0.2, 0.25) is 10.0 Å². The third kappa shape index (κ3) is 5.26. The zero-order chi connectivity index (χ0) is 18.4. The Kier molecular flexibility index (Phi) is 6.98. The molecule has 140 valence electrons. The number of rotatable bonds is 7. The highest BCUT2D eigenvalue weighted by Crippen LogP contribution is 2.16. The normalized spacial score (nSPS) is 19.1. The molecule has 1 aromatic carbocycles. The summed E-state index contributed by atoms with van der Waals surface area (Å²) in [6.45, 7) is 5.04. The molecule has 2 rings (SSSR count). The number of benzene rings is 1. The molecule has 0 aromatic heterocycles. The van der Waals surface area contributed by atoms with Crippen LogP contribution in [0.1, 0.15) is 43.0 Å². The van der Waals surface area contributed by atoms with Gasteiger partial charge in [-0.05, 0) is 57.0 Å². The average Bonchev–Trinajstić information content (AvgIpc) is 2.60. The minimum atomic E-state index is -3.46. The minimum absolute atomic E-state index is 0.166. The van der Waals surface area contributed by atoms with Crippen molar-refractivity contribution in [1.82, 2.24) is 14.5 Å². The van der Waals surface area contributed by atoms with Gasteiger partial charge in [-0.15, -0.1) is 0 Å². The Labute approximate surface area is 151 Å². The van der Waals surface area contributed by atoms with Gasteiger partial charge < -0.3 is 10.2 Å². The number of hydrogen-bond acceptors (Lipinski definition) is 4. The fourth-order valence-corrected chi connectivity index (χ4v) is 3.97. The van der Waals surface area contributed by atoms with Crippen LogP contribution in [0.25, 0.3) is 0 Å². The molecule has 25 heavy (non-hydrogen) atoms. The molecule has 6 nitrogen and oxygen atoms in total. The summed E-state index contributed by atoms with van der Waals surface area (Å²) < 4.78 is 25.2. The molecule has 7 heteroatoms. The summed E-state index contributed by atoms with van der Waals surface area (Å²) in [6, 6.07) is 6.69. The number of sulfonamides is 1. The Morgan fingerprint density at radius 3 is 2.52 bits per heavy atom. The highest BCUT2D eigenvalue weighted by molar-refractivity contribution is 7.89. The van der Waals surface area contributed by atoms with Crippen LogP contribution < -0.4 is 5.32 Å². The Hall–Kier alpha value is -1.44. The molecular formula is C18H29N3O3S. The predicted molar refractivity (Wildman–Crippen MR) is 99.2 cm³/mol. The van der Waals surface area contributed by atoms with Crippen molar-refractivity contribution in [3.63, 3.8) is 0 Å². The minimum Gasteiger partial charge on any atom is -0.352 e. The third-order valence-corrected chi connectivity index (χ3v) is 6.57. The molecule has 1 N–H and O–H groups in total. The van der Waals surface area contributed by atoms with Gasteiger partial charge in [-0.2, -0.15) is 0 Å². The Morgan fingerprint density at radius 2 is 1.92 bits per heavy atom. The molecular weight excluding hydrogens is 338 g/mol. The lowest BCUT2D eigenvalue weighted by molar-refractivity contribution is 0.0948. The monoisotopic (exact) mass is 367 g/mol. The summed E-state index contributed by atoms with van der Waals surface area (Å²) in [5, 5.41) is 2.91. The number of carbonyl (C=O) groups is 1. The zero-order valence-electron chi connectivity index (χ0n) is 15.4. The topological polar surface area (TPSA) is 69.7 Å². The molecule has 1 unspecified atom stereocenters. The molecule has 0 aliphatic carbocycles. The number of hydrogen-bond donors (Lipinski definition) is 1. The largest absolute Gasteiger partial charge is 0.352 e. The van der Waals surface area contributed by atoms with Crippen LogP contribution >= 0.6 is 0 Å². The lowest BCUT2D eigenvalue weighted by Crippen LogP contribution is -2.39. The van der Waals surface area contributed by atoms with Gasteiger partial charge in [0, 0.05) is 38.8 Å². The van der Waals surface area contributed by atoms with Crippen molar-refractivity contribution >= 4 is 15.9 Å². The maximum absolute atomic E-state index is 12.2. The van der Waals surface area contributed by atoms with Crippen LogP contribution in [0.15, 0.2) is 29.2 Å². The van der Waals surface area contributed by atoms with E-state index in [-0.39, 0.29) is 10.8 Å². The Balaban J connectivity index is 1.81. The first-order valence-corrected chi connectivity index (χ1v) is 10.3. The van der Waals surface area contributed by atoms with Crippen LogP contribution in [0.5, 0.6) is 0 Å². The van der Waals surface area contributed by atoms with E-state index in [9.17, 15) is 13.2 Å². The summed E-state index contributed by atoms with van der Waals surface area (Å²) >= 11 is 0. The van der Waals surface area contributed by atoms with E-state index in [4.69, 9.17) is 0 Å². The van der Waals surface area contributed by atoms with Crippen LogP contribution in [0.2, 0.25) is 0 Å². The molecule has 0 saturated carbocycles. The molecule has 1 amide bonds. The maximum atomic E-state index is 12.2. The Morgan fingerprint density at radius 1 is 1.24 bits per heavy atom. The summed E-state index contributed by atoms with van der Waals surface area (Å²) in [5.41, 5.74) is 0.476. The van der Waals surface area contributed by atoms with Gasteiger partial charge in [-0.25, -0.2) is 12.7 Å². The molecule has 0 radical (unpaired) electrons.